The number of fused-ring (bicyclic) bond motifs is 3. The molecule has 3 aliphatic rings. The van der Waals surface area contributed by atoms with Crippen molar-refractivity contribution in [2.45, 2.75) is 77.1 Å². The number of allylic oxidation sites excluding steroid dienone is 5. The van der Waals surface area contributed by atoms with E-state index in [1.807, 2.05) is 26.0 Å². The van der Waals surface area contributed by atoms with E-state index in [0.29, 0.717) is 24.2 Å². The van der Waals surface area contributed by atoms with E-state index < -0.39 is 5.60 Å². The Morgan fingerprint density at radius 1 is 1.22 bits per heavy atom. The van der Waals surface area contributed by atoms with Gasteiger partial charge < -0.3 is 9.84 Å². The summed E-state index contributed by atoms with van der Waals surface area (Å²) in [6, 6.07) is 0. The molecule has 0 spiro atoms. The van der Waals surface area contributed by atoms with Crippen molar-refractivity contribution in [3.63, 3.8) is 0 Å². The standard InChI is InChI=1S/C23H33ClO3/c1-7-13(2)20-16(10-8-9-14(3)15(4)25)17-11-19(24)22(5,26)12-18(17)21-23(20,6)27-21/h7-10,16-21,26H,11-12H2,1-6H3. The zero-order chi connectivity index (χ0) is 20.1. The van der Waals surface area contributed by atoms with Crippen molar-refractivity contribution < 1.29 is 14.6 Å². The van der Waals surface area contributed by atoms with Gasteiger partial charge in [0.25, 0.3) is 0 Å². The van der Waals surface area contributed by atoms with Crippen molar-refractivity contribution in [1.29, 1.82) is 0 Å². The van der Waals surface area contributed by atoms with Gasteiger partial charge >= 0.3 is 0 Å². The largest absolute Gasteiger partial charge is 0.389 e. The first-order valence-corrected chi connectivity index (χ1v) is 10.5. The summed E-state index contributed by atoms with van der Waals surface area (Å²) in [6.07, 6.45) is 10.0. The van der Waals surface area contributed by atoms with Crippen LogP contribution in [0, 0.1) is 23.7 Å². The maximum atomic E-state index is 11.5. The molecule has 8 unspecified atom stereocenters. The molecule has 3 fully saturated rings. The number of rotatable bonds is 4. The molecule has 3 nitrogen and oxygen atoms in total. The van der Waals surface area contributed by atoms with Crippen LogP contribution < -0.4 is 0 Å². The van der Waals surface area contributed by atoms with Crippen LogP contribution >= 0.6 is 11.6 Å². The Morgan fingerprint density at radius 3 is 2.48 bits per heavy atom. The van der Waals surface area contributed by atoms with Crippen LogP contribution in [0.15, 0.2) is 35.5 Å². The van der Waals surface area contributed by atoms with Gasteiger partial charge in [-0.25, -0.2) is 0 Å². The second-order valence-corrected chi connectivity index (χ2v) is 9.72. The third-order valence-corrected chi connectivity index (χ3v) is 7.96. The number of carbonyl (C=O) groups is 1. The highest BCUT2D eigenvalue weighted by atomic mass is 35.5. The van der Waals surface area contributed by atoms with Crippen molar-refractivity contribution in [3.05, 3.63) is 35.5 Å². The van der Waals surface area contributed by atoms with Crippen LogP contribution in [0.2, 0.25) is 0 Å². The third-order valence-electron chi connectivity index (χ3n) is 7.31. The number of carbonyl (C=O) groups excluding carboxylic acids is 1. The molecule has 0 aromatic rings. The minimum absolute atomic E-state index is 0.0921. The van der Waals surface area contributed by atoms with E-state index in [4.69, 9.17) is 16.3 Å². The SMILES string of the molecule is CC=C(C)C1C(C=CC=C(C)C(C)=O)C2CC(Cl)C(C)(O)CC2C2OC21C. The predicted molar refractivity (Wildman–Crippen MR) is 110 cm³/mol. The molecular formula is C23H33ClO3. The maximum absolute atomic E-state index is 11.5. The smallest absolute Gasteiger partial charge is 0.155 e. The molecule has 8 atom stereocenters. The van der Waals surface area contributed by atoms with Gasteiger partial charge in [-0.05, 0) is 77.7 Å². The first-order chi connectivity index (χ1) is 12.5. The first kappa shape index (κ1) is 20.8. The van der Waals surface area contributed by atoms with Crippen molar-refractivity contribution >= 4 is 17.4 Å². The highest BCUT2D eigenvalue weighted by Gasteiger charge is 2.70. The predicted octanol–water partition coefficient (Wildman–Crippen LogP) is 4.83. The Morgan fingerprint density at radius 2 is 1.89 bits per heavy atom. The van der Waals surface area contributed by atoms with Crippen molar-refractivity contribution in [3.8, 4) is 0 Å². The summed E-state index contributed by atoms with van der Waals surface area (Å²) in [5, 5.41) is 10.5. The molecule has 0 amide bonds. The number of Topliss-reactive ketones (excluding diaryl/α,β-unsaturated/α-hetero) is 1. The average Bonchev–Trinajstić information content (AvgIpc) is 3.28. The molecule has 1 aliphatic heterocycles. The van der Waals surface area contributed by atoms with Gasteiger partial charge in [-0.1, -0.05) is 29.9 Å². The fourth-order valence-corrected chi connectivity index (χ4v) is 5.76. The van der Waals surface area contributed by atoms with Gasteiger partial charge in [0.1, 0.15) is 0 Å². The summed E-state index contributed by atoms with van der Waals surface area (Å²) in [7, 11) is 0. The molecule has 1 saturated heterocycles. The number of ether oxygens (including phenoxy) is 1. The summed E-state index contributed by atoms with van der Waals surface area (Å²) in [5.41, 5.74) is 1.06. The fraction of sp³-hybridized carbons (Fsp3) is 0.696. The molecule has 2 saturated carbocycles. The lowest BCUT2D eigenvalue weighted by atomic mass is 9.55. The molecule has 4 heteroatoms. The molecule has 150 valence electrons. The molecule has 0 bridgehead atoms. The van der Waals surface area contributed by atoms with Crippen LogP contribution in [0.25, 0.3) is 0 Å². The van der Waals surface area contributed by atoms with Crippen LogP contribution in [-0.2, 0) is 9.53 Å². The van der Waals surface area contributed by atoms with Gasteiger partial charge in [-0.2, -0.15) is 0 Å². The Labute approximate surface area is 168 Å². The van der Waals surface area contributed by atoms with Gasteiger partial charge in [0.2, 0.25) is 0 Å². The van der Waals surface area contributed by atoms with E-state index >= 15 is 0 Å². The monoisotopic (exact) mass is 392 g/mol. The molecule has 0 aromatic carbocycles. The average molecular weight is 393 g/mol. The number of hydrogen-bond donors (Lipinski definition) is 1. The number of alkyl halides is 1. The molecule has 27 heavy (non-hydrogen) atoms. The van der Waals surface area contributed by atoms with Crippen LogP contribution in [0.4, 0.5) is 0 Å². The zero-order valence-electron chi connectivity index (χ0n) is 17.3. The minimum Gasteiger partial charge on any atom is -0.389 e. The topological polar surface area (TPSA) is 49.8 Å². The molecule has 0 radical (unpaired) electrons. The third kappa shape index (κ3) is 3.59. The van der Waals surface area contributed by atoms with Gasteiger partial charge in [-0.3, -0.25) is 4.79 Å². The minimum atomic E-state index is -0.850. The quantitative estimate of drug-likeness (QED) is 0.245. The summed E-state index contributed by atoms with van der Waals surface area (Å²) in [6.45, 7) is 11.8. The Bertz CT molecular complexity index is 704. The van der Waals surface area contributed by atoms with Crippen LogP contribution in [0.3, 0.4) is 0 Å². The second kappa shape index (κ2) is 7.17. The summed E-state index contributed by atoms with van der Waals surface area (Å²) >= 11 is 6.59. The van der Waals surface area contributed by atoms with Gasteiger partial charge in [0, 0.05) is 5.92 Å². The van der Waals surface area contributed by atoms with E-state index in [-0.39, 0.29) is 28.8 Å². The molecule has 3 rings (SSSR count). The first-order valence-electron chi connectivity index (χ1n) is 10.1. The Balaban J connectivity index is 1.98. The normalized spacial score (nSPS) is 47.6. The number of ketones is 1. The highest BCUT2D eigenvalue weighted by Crippen LogP contribution is 2.64. The molecule has 2 aliphatic carbocycles. The van der Waals surface area contributed by atoms with Gasteiger partial charge in [-0.15, -0.1) is 11.6 Å². The maximum Gasteiger partial charge on any atom is 0.155 e. The van der Waals surface area contributed by atoms with Crippen LogP contribution in [0.5, 0.6) is 0 Å². The van der Waals surface area contributed by atoms with E-state index in [1.165, 1.54) is 5.57 Å². The lowest BCUT2D eigenvalue weighted by Gasteiger charge is -2.50. The van der Waals surface area contributed by atoms with Crippen LogP contribution in [-0.4, -0.2) is 33.6 Å². The summed E-state index contributed by atoms with van der Waals surface area (Å²) in [4.78, 5) is 11.5. The lowest BCUT2D eigenvalue weighted by Crippen LogP contribution is -2.54. The summed E-state index contributed by atoms with van der Waals surface area (Å²) < 4.78 is 6.30. The highest BCUT2D eigenvalue weighted by molar-refractivity contribution is 6.21. The lowest BCUT2D eigenvalue weighted by molar-refractivity contribution is -0.113. The zero-order valence-corrected chi connectivity index (χ0v) is 18.1. The van der Waals surface area contributed by atoms with Crippen molar-refractivity contribution in [2.24, 2.45) is 23.7 Å². The number of epoxide rings is 1. The van der Waals surface area contributed by atoms with E-state index in [9.17, 15) is 9.90 Å². The number of halogens is 1. The van der Waals surface area contributed by atoms with Crippen molar-refractivity contribution in [1.82, 2.24) is 0 Å². The molecule has 0 aromatic heterocycles. The van der Waals surface area contributed by atoms with Gasteiger partial charge in [0.15, 0.2) is 5.78 Å². The van der Waals surface area contributed by atoms with Crippen LogP contribution in [0.1, 0.15) is 54.4 Å². The van der Waals surface area contributed by atoms with Gasteiger partial charge in [0.05, 0.1) is 22.7 Å². The molecular weight excluding hydrogens is 360 g/mol. The van der Waals surface area contributed by atoms with E-state index in [2.05, 4.69) is 32.9 Å². The molecule has 1 heterocycles. The molecule has 1 N–H and O–H groups in total. The van der Waals surface area contributed by atoms with E-state index in [1.54, 1.807) is 6.92 Å². The van der Waals surface area contributed by atoms with E-state index in [0.717, 1.165) is 12.0 Å². The Kier molecular flexibility index (Phi) is 5.53. The number of hydrogen-bond acceptors (Lipinski definition) is 3. The fourth-order valence-electron chi connectivity index (χ4n) is 5.46. The Hall–Kier alpha value is -0.900. The number of aliphatic hydroxyl groups is 1. The van der Waals surface area contributed by atoms with Crippen molar-refractivity contribution in [2.75, 3.05) is 0 Å². The summed E-state index contributed by atoms with van der Waals surface area (Å²) in [5.74, 6) is 1.35. The second-order valence-electron chi connectivity index (χ2n) is 9.19.